The number of aryl methyl sites for hydroxylation is 3. The summed E-state index contributed by atoms with van der Waals surface area (Å²) in [6.07, 6.45) is 5.18. The molecule has 10 nitrogen and oxygen atoms in total. The van der Waals surface area contributed by atoms with E-state index in [4.69, 9.17) is 4.74 Å². The molecule has 0 fully saturated rings. The molecule has 2 N–H and O–H groups in total. The fourth-order valence-electron chi connectivity index (χ4n) is 4.35. The molecule has 4 rings (SSSR count). The van der Waals surface area contributed by atoms with Gasteiger partial charge in [-0.15, -0.1) is 16.4 Å². The molecule has 2 aromatic heterocycles. The zero-order chi connectivity index (χ0) is 27.6. The molecule has 0 unspecified atom stereocenters. The summed E-state index contributed by atoms with van der Waals surface area (Å²) in [5.74, 6) is -0.121. The average Bonchev–Trinajstić information content (AvgIpc) is 3.60. The number of amides is 3. The normalized spacial score (nSPS) is 17.6. The van der Waals surface area contributed by atoms with Crippen LogP contribution in [-0.4, -0.2) is 63.4 Å². The SMILES string of the molecule is Cc1ccc2c(c1)OCCCn1cc(nn1)CN(C(=O)CCCc1cccs1)CCCNC(=O)[C@@H](C)NC2=O. The molecular formula is C28H36N6O4S. The van der Waals surface area contributed by atoms with Crippen molar-refractivity contribution in [3.63, 3.8) is 0 Å². The van der Waals surface area contributed by atoms with Crippen LogP contribution in [0.1, 0.15) is 59.1 Å². The Kier molecular flexibility index (Phi) is 10.1. The first kappa shape index (κ1) is 28.3. The Balaban J connectivity index is 1.43. The summed E-state index contributed by atoms with van der Waals surface area (Å²) in [7, 11) is 0. The maximum absolute atomic E-state index is 13.1. The van der Waals surface area contributed by atoms with E-state index in [1.807, 2.05) is 36.7 Å². The monoisotopic (exact) mass is 552 g/mol. The third kappa shape index (κ3) is 8.38. The van der Waals surface area contributed by atoms with Crippen LogP contribution in [0.3, 0.4) is 0 Å². The Hall–Kier alpha value is -3.73. The Bertz CT molecular complexity index is 1260. The van der Waals surface area contributed by atoms with Crippen molar-refractivity contribution in [3.05, 3.63) is 63.6 Å². The molecule has 3 aromatic rings. The van der Waals surface area contributed by atoms with E-state index in [0.717, 1.165) is 18.4 Å². The number of aromatic nitrogens is 3. The zero-order valence-corrected chi connectivity index (χ0v) is 23.3. The first-order chi connectivity index (χ1) is 18.9. The minimum absolute atomic E-state index is 0.0559. The van der Waals surface area contributed by atoms with Crippen LogP contribution in [0.5, 0.6) is 5.75 Å². The Labute approximate surface area is 232 Å². The second-order valence-corrected chi connectivity index (χ2v) is 10.8. The van der Waals surface area contributed by atoms with Crippen molar-refractivity contribution in [1.82, 2.24) is 30.5 Å². The number of benzene rings is 1. The minimum atomic E-state index is -0.724. The van der Waals surface area contributed by atoms with Crippen LogP contribution in [0.25, 0.3) is 0 Å². The summed E-state index contributed by atoms with van der Waals surface area (Å²) in [5.41, 5.74) is 2.07. The van der Waals surface area contributed by atoms with E-state index in [2.05, 4.69) is 27.0 Å². The number of carbonyl (C=O) groups excluding carboxylic acids is 3. The van der Waals surface area contributed by atoms with Gasteiger partial charge in [-0.1, -0.05) is 17.3 Å². The van der Waals surface area contributed by atoms with E-state index in [9.17, 15) is 14.4 Å². The van der Waals surface area contributed by atoms with Gasteiger partial charge in [-0.05, 0) is 62.3 Å². The second kappa shape index (κ2) is 13.9. The van der Waals surface area contributed by atoms with Gasteiger partial charge >= 0.3 is 0 Å². The number of nitrogens with zero attached hydrogens (tertiary/aromatic N) is 4. The van der Waals surface area contributed by atoms with Crippen molar-refractivity contribution in [3.8, 4) is 5.75 Å². The molecule has 208 valence electrons. The van der Waals surface area contributed by atoms with Gasteiger partial charge in [0.2, 0.25) is 11.8 Å². The highest BCUT2D eigenvalue weighted by atomic mass is 32.1. The van der Waals surface area contributed by atoms with Crippen molar-refractivity contribution in [2.75, 3.05) is 19.7 Å². The van der Waals surface area contributed by atoms with Gasteiger partial charge in [0, 0.05) is 37.4 Å². The fourth-order valence-corrected chi connectivity index (χ4v) is 5.11. The van der Waals surface area contributed by atoms with Gasteiger partial charge in [0.05, 0.1) is 24.9 Å². The van der Waals surface area contributed by atoms with Crippen LogP contribution in [0.2, 0.25) is 0 Å². The van der Waals surface area contributed by atoms with E-state index in [1.54, 1.807) is 33.9 Å². The van der Waals surface area contributed by atoms with Crippen LogP contribution in [0.4, 0.5) is 0 Å². The minimum Gasteiger partial charge on any atom is -0.493 e. The molecule has 3 amide bonds. The molecule has 0 aliphatic carbocycles. The number of fused-ring (bicyclic) bond motifs is 3. The Morgan fingerprint density at radius 1 is 1.21 bits per heavy atom. The van der Waals surface area contributed by atoms with Crippen molar-refractivity contribution >= 4 is 29.1 Å². The highest BCUT2D eigenvalue weighted by Gasteiger charge is 2.20. The highest BCUT2D eigenvalue weighted by molar-refractivity contribution is 7.09. The van der Waals surface area contributed by atoms with Crippen molar-refractivity contribution in [2.45, 2.75) is 65.1 Å². The third-order valence-electron chi connectivity index (χ3n) is 6.50. The van der Waals surface area contributed by atoms with Gasteiger partial charge in [0.25, 0.3) is 5.91 Å². The van der Waals surface area contributed by atoms with E-state index >= 15 is 0 Å². The summed E-state index contributed by atoms with van der Waals surface area (Å²) < 4.78 is 7.70. The lowest BCUT2D eigenvalue weighted by atomic mass is 10.1. The number of thiophene rings is 1. The van der Waals surface area contributed by atoms with Crippen LogP contribution >= 0.6 is 11.3 Å². The van der Waals surface area contributed by atoms with Crippen molar-refractivity contribution in [2.24, 2.45) is 0 Å². The van der Waals surface area contributed by atoms with E-state index < -0.39 is 6.04 Å². The number of hydrogen-bond donors (Lipinski definition) is 2. The molecule has 0 spiro atoms. The van der Waals surface area contributed by atoms with Gasteiger partial charge in [-0.25, -0.2) is 0 Å². The number of ether oxygens (including phenoxy) is 1. The van der Waals surface area contributed by atoms with Crippen LogP contribution < -0.4 is 15.4 Å². The van der Waals surface area contributed by atoms with E-state index in [1.165, 1.54) is 4.88 Å². The molecule has 1 aliphatic heterocycles. The summed E-state index contributed by atoms with van der Waals surface area (Å²) in [6, 6.07) is 8.76. The number of carbonyl (C=O) groups is 3. The molecule has 39 heavy (non-hydrogen) atoms. The van der Waals surface area contributed by atoms with Crippen molar-refractivity contribution in [1.29, 1.82) is 0 Å². The maximum atomic E-state index is 13.1. The largest absolute Gasteiger partial charge is 0.493 e. The summed E-state index contributed by atoms with van der Waals surface area (Å²) in [5, 5.41) is 16.2. The molecule has 2 bridgehead atoms. The molecule has 0 saturated heterocycles. The Morgan fingerprint density at radius 2 is 2.08 bits per heavy atom. The topological polar surface area (TPSA) is 118 Å². The molecule has 1 aliphatic rings. The van der Waals surface area contributed by atoms with Crippen molar-refractivity contribution < 1.29 is 19.1 Å². The lowest BCUT2D eigenvalue weighted by Crippen LogP contribution is -2.45. The van der Waals surface area contributed by atoms with E-state index in [-0.39, 0.29) is 17.7 Å². The highest BCUT2D eigenvalue weighted by Crippen LogP contribution is 2.21. The molecule has 3 heterocycles. The molecule has 11 heteroatoms. The summed E-state index contributed by atoms with van der Waals surface area (Å²) in [6.45, 7) is 5.77. The molecular weight excluding hydrogens is 516 g/mol. The first-order valence-electron chi connectivity index (χ1n) is 13.4. The zero-order valence-electron chi connectivity index (χ0n) is 22.5. The van der Waals surface area contributed by atoms with Gasteiger partial charge in [-0.3, -0.25) is 19.1 Å². The standard InChI is InChI=1S/C28H36N6O4S/c1-20-10-11-24-25(17-20)38-15-6-14-34-19-22(31-32-34)18-33(26(35)9-3-7-23-8-4-16-39-23)13-5-12-29-27(36)21(2)30-28(24)37/h4,8,10-11,16-17,19,21H,3,5-7,9,12-15,18H2,1-2H3,(H,29,36)(H,30,37)/t21-/m1/s1. The predicted octanol–water partition coefficient (Wildman–Crippen LogP) is 3.11. The quantitative estimate of drug-likeness (QED) is 0.514. The van der Waals surface area contributed by atoms with Crippen LogP contribution in [-0.2, 0) is 29.1 Å². The number of nitrogens with one attached hydrogen (secondary N) is 2. The van der Waals surface area contributed by atoms with Gasteiger partial charge in [-0.2, -0.15) is 0 Å². The molecule has 1 aromatic carbocycles. The second-order valence-electron chi connectivity index (χ2n) is 9.76. The van der Waals surface area contributed by atoms with Gasteiger partial charge in [0.1, 0.15) is 17.5 Å². The maximum Gasteiger partial charge on any atom is 0.255 e. The smallest absolute Gasteiger partial charge is 0.255 e. The van der Waals surface area contributed by atoms with Crippen LogP contribution in [0, 0.1) is 6.92 Å². The first-order valence-corrected chi connectivity index (χ1v) is 14.3. The lowest BCUT2D eigenvalue weighted by molar-refractivity contribution is -0.132. The molecule has 1 atom stereocenters. The summed E-state index contributed by atoms with van der Waals surface area (Å²) in [4.78, 5) is 41.8. The van der Waals surface area contributed by atoms with Gasteiger partial charge < -0.3 is 20.3 Å². The lowest BCUT2D eigenvalue weighted by Gasteiger charge is -2.22. The van der Waals surface area contributed by atoms with E-state index in [0.29, 0.717) is 69.1 Å². The molecule has 0 radical (unpaired) electrons. The molecule has 0 saturated carbocycles. The van der Waals surface area contributed by atoms with Crippen LogP contribution in [0.15, 0.2) is 41.9 Å². The third-order valence-corrected chi connectivity index (χ3v) is 7.44. The predicted molar refractivity (Wildman–Crippen MR) is 149 cm³/mol. The number of rotatable bonds is 4. The summed E-state index contributed by atoms with van der Waals surface area (Å²) >= 11 is 1.70. The number of hydrogen-bond acceptors (Lipinski definition) is 7. The fraction of sp³-hybridized carbons (Fsp3) is 0.464. The average molecular weight is 553 g/mol. The van der Waals surface area contributed by atoms with Gasteiger partial charge in [0.15, 0.2) is 0 Å². The Morgan fingerprint density at radius 3 is 2.90 bits per heavy atom.